The standard InChI is InChI=1S/C13H17NO3/c1-4-10(14(2)3)13(15)9-5-6-11-12(7-9)17-8-16-11/h5-7,10H,4,8H2,1-3H3. The van der Waals surface area contributed by atoms with E-state index in [-0.39, 0.29) is 18.6 Å². The second-order valence-corrected chi connectivity index (χ2v) is 4.32. The molecule has 0 bridgehead atoms. The minimum Gasteiger partial charge on any atom is -0.454 e. The minimum absolute atomic E-state index is 0.0876. The molecule has 0 saturated carbocycles. The quantitative estimate of drug-likeness (QED) is 0.748. The number of hydrogen-bond donors (Lipinski definition) is 0. The van der Waals surface area contributed by atoms with Crippen molar-refractivity contribution in [2.24, 2.45) is 0 Å². The van der Waals surface area contributed by atoms with Gasteiger partial charge in [0.15, 0.2) is 17.3 Å². The fourth-order valence-corrected chi connectivity index (χ4v) is 2.03. The van der Waals surface area contributed by atoms with Gasteiger partial charge < -0.3 is 9.47 Å². The number of benzene rings is 1. The summed E-state index contributed by atoms with van der Waals surface area (Å²) >= 11 is 0. The molecule has 0 saturated heterocycles. The van der Waals surface area contributed by atoms with Crippen LogP contribution >= 0.6 is 0 Å². The summed E-state index contributed by atoms with van der Waals surface area (Å²) in [4.78, 5) is 14.2. The van der Waals surface area contributed by atoms with Crippen molar-refractivity contribution in [3.05, 3.63) is 23.8 Å². The van der Waals surface area contributed by atoms with E-state index in [1.165, 1.54) is 0 Å². The van der Waals surface area contributed by atoms with E-state index in [0.717, 1.165) is 6.42 Å². The van der Waals surface area contributed by atoms with Crippen LogP contribution in [0.2, 0.25) is 0 Å². The molecule has 0 fully saturated rings. The maximum absolute atomic E-state index is 12.3. The highest BCUT2D eigenvalue weighted by molar-refractivity contribution is 6.00. The van der Waals surface area contributed by atoms with Crippen LogP contribution in [0.15, 0.2) is 18.2 Å². The van der Waals surface area contributed by atoms with Crippen molar-refractivity contribution >= 4 is 5.78 Å². The number of Topliss-reactive ketones (excluding diaryl/α,β-unsaturated/α-hetero) is 1. The number of nitrogens with zero attached hydrogens (tertiary/aromatic N) is 1. The van der Waals surface area contributed by atoms with Crippen molar-refractivity contribution in [2.75, 3.05) is 20.9 Å². The molecule has 1 aliphatic rings. The second kappa shape index (κ2) is 4.75. The number of carbonyl (C=O) groups excluding carboxylic acids is 1. The third-order valence-electron chi connectivity index (χ3n) is 2.97. The van der Waals surface area contributed by atoms with E-state index in [2.05, 4.69) is 0 Å². The van der Waals surface area contributed by atoms with Gasteiger partial charge in [-0.15, -0.1) is 0 Å². The van der Waals surface area contributed by atoms with Gasteiger partial charge in [0.1, 0.15) is 0 Å². The number of carbonyl (C=O) groups is 1. The van der Waals surface area contributed by atoms with Crippen molar-refractivity contribution in [1.82, 2.24) is 4.90 Å². The minimum atomic E-state index is -0.0876. The smallest absolute Gasteiger partial charge is 0.231 e. The Morgan fingerprint density at radius 3 is 2.71 bits per heavy atom. The molecule has 1 atom stereocenters. The molecule has 1 aliphatic heterocycles. The first-order valence-corrected chi connectivity index (χ1v) is 5.73. The summed E-state index contributed by atoms with van der Waals surface area (Å²) in [5.74, 6) is 1.49. The third-order valence-corrected chi connectivity index (χ3v) is 2.97. The molecule has 0 spiro atoms. The van der Waals surface area contributed by atoms with Gasteiger partial charge in [-0.1, -0.05) is 6.92 Å². The Morgan fingerprint density at radius 2 is 2.06 bits per heavy atom. The zero-order valence-electron chi connectivity index (χ0n) is 10.4. The molecule has 0 N–H and O–H groups in total. The van der Waals surface area contributed by atoms with Gasteiger partial charge in [0.05, 0.1) is 6.04 Å². The molecule has 1 unspecified atom stereocenters. The van der Waals surface area contributed by atoms with Crippen molar-refractivity contribution in [1.29, 1.82) is 0 Å². The topological polar surface area (TPSA) is 38.8 Å². The average Bonchev–Trinajstić information content (AvgIpc) is 2.75. The molecule has 2 rings (SSSR count). The Bertz CT molecular complexity index is 429. The Kier molecular flexibility index (Phi) is 3.33. The van der Waals surface area contributed by atoms with E-state index in [0.29, 0.717) is 17.1 Å². The summed E-state index contributed by atoms with van der Waals surface area (Å²) in [5, 5.41) is 0. The normalized spacial score (nSPS) is 15.1. The predicted molar refractivity (Wildman–Crippen MR) is 64.7 cm³/mol. The molecule has 0 radical (unpaired) electrons. The lowest BCUT2D eigenvalue weighted by atomic mass is 10.0. The van der Waals surface area contributed by atoms with Crippen molar-refractivity contribution in [3.8, 4) is 11.5 Å². The van der Waals surface area contributed by atoms with Crippen molar-refractivity contribution in [3.63, 3.8) is 0 Å². The number of hydrogen-bond acceptors (Lipinski definition) is 4. The van der Waals surface area contributed by atoms with Gasteiger partial charge in [-0.05, 0) is 38.7 Å². The van der Waals surface area contributed by atoms with Gasteiger partial charge in [-0.3, -0.25) is 9.69 Å². The Labute approximate surface area is 101 Å². The average molecular weight is 235 g/mol. The molecule has 0 amide bonds. The van der Waals surface area contributed by atoms with Crippen molar-refractivity contribution < 1.29 is 14.3 Å². The monoisotopic (exact) mass is 235 g/mol. The van der Waals surface area contributed by atoms with Crippen LogP contribution in [0.3, 0.4) is 0 Å². The second-order valence-electron chi connectivity index (χ2n) is 4.32. The van der Waals surface area contributed by atoms with Crippen LogP contribution in [0.25, 0.3) is 0 Å². The molecule has 0 aromatic heterocycles. The molecule has 4 nitrogen and oxygen atoms in total. The summed E-state index contributed by atoms with van der Waals surface area (Å²) < 4.78 is 10.5. The summed E-state index contributed by atoms with van der Waals surface area (Å²) in [5.41, 5.74) is 0.676. The van der Waals surface area contributed by atoms with Gasteiger partial charge in [0.25, 0.3) is 0 Å². The van der Waals surface area contributed by atoms with Gasteiger partial charge in [0, 0.05) is 5.56 Å². The number of fused-ring (bicyclic) bond motifs is 1. The van der Waals surface area contributed by atoms with E-state index < -0.39 is 0 Å². The first-order valence-electron chi connectivity index (χ1n) is 5.73. The molecule has 1 aromatic rings. The highest BCUT2D eigenvalue weighted by Crippen LogP contribution is 2.33. The molecule has 1 aromatic carbocycles. The lowest BCUT2D eigenvalue weighted by Gasteiger charge is -2.21. The van der Waals surface area contributed by atoms with Crippen LogP contribution in [0.4, 0.5) is 0 Å². The number of ether oxygens (including phenoxy) is 2. The Balaban J connectivity index is 2.25. The van der Waals surface area contributed by atoms with Crippen LogP contribution in [-0.4, -0.2) is 37.6 Å². The van der Waals surface area contributed by atoms with Crippen LogP contribution in [0.5, 0.6) is 11.5 Å². The largest absolute Gasteiger partial charge is 0.454 e. The highest BCUT2D eigenvalue weighted by Gasteiger charge is 2.22. The molecule has 4 heteroatoms. The number of rotatable bonds is 4. The lowest BCUT2D eigenvalue weighted by Crippen LogP contribution is -2.35. The summed E-state index contributed by atoms with van der Waals surface area (Å²) in [6.45, 7) is 2.24. The van der Waals surface area contributed by atoms with Gasteiger partial charge in [-0.25, -0.2) is 0 Å². The van der Waals surface area contributed by atoms with Crippen LogP contribution in [0.1, 0.15) is 23.7 Å². The molecule has 0 aliphatic carbocycles. The Hall–Kier alpha value is -1.55. The van der Waals surface area contributed by atoms with Crippen LogP contribution in [-0.2, 0) is 0 Å². The fraction of sp³-hybridized carbons (Fsp3) is 0.462. The molecule has 17 heavy (non-hydrogen) atoms. The molecule has 1 heterocycles. The van der Waals surface area contributed by atoms with Crippen molar-refractivity contribution in [2.45, 2.75) is 19.4 Å². The van der Waals surface area contributed by atoms with Crippen LogP contribution in [0, 0.1) is 0 Å². The summed E-state index contributed by atoms with van der Waals surface area (Å²) in [6.07, 6.45) is 0.792. The first kappa shape index (κ1) is 11.9. The summed E-state index contributed by atoms with van der Waals surface area (Å²) in [6, 6.07) is 5.26. The molecular formula is C13H17NO3. The Morgan fingerprint density at radius 1 is 1.35 bits per heavy atom. The van der Waals surface area contributed by atoms with E-state index in [1.807, 2.05) is 25.9 Å². The van der Waals surface area contributed by atoms with Gasteiger partial charge >= 0.3 is 0 Å². The lowest BCUT2D eigenvalue weighted by molar-refractivity contribution is 0.0871. The van der Waals surface area contributed by atoms with E-state index in [9.17, 15) is 4.79 Å². The highest BCUT2D eigenvalue weighted by atomic mass is 16.7. The predicted octanol–water partition coefficient (Wildman–Crippen LogP) is 1.94. The van der Waals surface area contributed by atoms with Crippen LogP contribution < -0.4 is 9.47 Å². The first-order chi connectivity index (χ1) is 8.13. The SMILES string of the molecule is CCC(C(=O)c1ccc2c(c1)OCO2)N(C)C. The maximum Gasteiger partial charge on any atom is 0.231 e. The zero-order chi connectivity index (χ0) is 12.4. The fourth-order valence-electron chi connectivity index (χ4n) is 2.03. The maximum atomic E-state index is 12.3. The number of ketones is 1. The molecule has 92 valence electrons. The van der Waals surface area contributed by atoms with E-state index >= 15 is 0 Å². The van der Waals surface area contributed by atoms with E-state index in [1.54, 1.807) is 18.2 Å². The summed E-state index contributed by atoms with van der Waals surface area (Å²) in [7, 11) is 3.83. The third kappa shape index (κ3) is 2.26. The zero-order valence-corrected chi connectivity index (χ0v) is 10.4. The van der Waals surface area contributed by atoms with E-state index in [4.69, 9.17) is 9.47 Å². The number of likely N-dealkylation sites (N-methyl/N-ethyl adjacent to an activating group) is 1. The molecular weight excluding hydrogens is 218 g/mol. The van der Waals surface area contributed by atoms with Gasteiger partial charge in [0.2, 0.25) is 6.79 Å². The van der Waals surface area contributed by atoms with Gasteiger partial charge in [-0.2, -0.15) is 0 Å².